The number of likely N-dealkylation sites (tertiary alicyclic amines) is 2. The Balaban J connectivity index is 1.43. The molecular weight excluding hydrogens is 405 g/mol. The number of carbonyl (C=O) groups excluding carboxylic acids is 1. The van der Waals surface area contributed by atoms with Gasteiger partial charge in [0.2, 0.25) is 0 Å². The van der Waals surface area contributed by atoms with E-state index in [9.17, 15) is 9.18 Å². The summed E-state index contributed by atoms with van der Waals surface area (Å²) in [6, 6.07) is 10.6. The van der Waals surface area contributed by atoms with Crippen molar-refractivity contribution in [2.24, 2.45) is 0 Å². The molecule has 6 nitrogen and oxygen atoms in total. The molecule has 2 aliphatic heterocycles. The van der Waals surface area contributed by atoms with Gasteiger partial charge in [-0.1, -0.05) is 6.42 Å². The maximum atomic E-state index is 13.7. The molecule has 0 N–H and O–H groups in total. The molecule has 2 aromatic heterocycles. The Morgan fingerprint density at radius 2 is 1.62 bits per heavy atom. The standard InChI is InChI=1S/C25H30FN5O/c1-19-23(25(32)30-17-11-21(12-18-30)28-13-3-2-4-14-28)24(29-15-5-6-16-29)31(27-19)22-9-7-20(26)8-10-22/h5-10,15-16,21H,2-4,11-14,17-18H2,1H3. The van der Waals surface area contributed by atoms with E-state index in [-0.39, 0.29) is 11.7 Å². The molecule has 2 saturated heterocycles. The van der Waals surface area contributed by atoms with Gasteiger partial charge in [0.05, 0.1) is 11.4 Å². The molecule has 0 aliphatic carbocycles. The predicted molar refractivity (Wildman–Crippen MR) is 122 cm³/mol. The van der Waals surface area contributed by atoms with Crippen LogP contribution in [0.15, 0.2) is 48.8 Å². The van der Waals surface area contributed by atoms with Gasteiger partial charge in [-0.05, 0) is 82.1 Å². The highest BCUT2D eigenvalue weighted by Gasteiger charge is 2.32. The zero-order chi connectivity index (χ0) is 22.1. The van der Waals surface area contributed by atoms with E-state index in [1.54, 1.807) is 16.8 Å². The number of amides is 1. The van der Waals surface area contributed by atoms with Crippen molar-refractivity contribution in [1.29, 1.82) is 0 Å². The molecular formula is C25H30FN5O. The van der Waals surface area contributed by atoms with Crippen molar-refractivity contribution in [3.05, 3.63) is 65.9 Å². The molecule has 0 atom stereocenters. The summed E-state index contributed by atoms with van der Waals surface area (Å²) in [4.78, 5) is 18.3. The maximum Gasteiger partial charge on any atom is 0.259 e. The average molecular weight is 436 g/mol. The summed E-state index contributed by atoms with van der Waals surface area (Å²) >= 11 is 0. The zero-order valence-electron chi connectivity index (χ0n) is 18.6. The Morgan fingerprint density at radius 1 is 0.969 bits per heavy atom. The highest BCUT2D eigenvalue weighted by atomic mass is 19.1. The number of piperidine rings is 2. The van der Waals surface area contributed by atoms with Gasteiger partial charge in [-0.15, -0.1) is 0 Å². The Morgan fingerprint density at radius 3 is 2.28 bits per heavy atom. The van der Waals surface area contributed by atoms with Gasteiger partial charge >= 0.3 is 0 Å². The van der Waals surface area contributed by atoms with Crippen LogP contribution in [0.4, 0.5) is 4.39 Å². The molecule has 0 radical (unpaired) electrons. The number of aromatic nitrogens is 3. The van der Waals surface area contributed by atoms with Crippen LogP contribution in [0.3, 0.4) is 0 Å². The molecule has 1 amide bonds. The van der Waals surface area contributed by atoms with Crippen molar-refractivity contribution in [2.45, 2.75) is 45.1 Å². The van der Waals surface area contributed by atoms with Gasteiger partial charge < -0.3 is 14.4 Å². The van der Waals surface area contributed by atoms with E-state index in [0.29, 0.717) is 23.1 Å². The number of carbonyl (C=O) groups is 1. The van der Waals surface area contributed by atoms with Crippen LogP contribution in [-0.2, 0) is 0 Å². The zero-order valence-corrected chi connectivity index (χ0v) is 18.6. The van der Waals surface area contributed by atoms with Crippen LogP contribution in [0.2, 0.25) is 0 Å². The molecule has 4 heterocycles. The molecule has 168 valence electrons. The SMILES string of the molecule is Cc1nn(-c2ccc(F)cc2)c(-n2cccc2)c1C(=O)N1CCC(N2CCCCC2)CC1. The molecule has 32 heavy (non-hydrogen) atoms. The number of hydrogen-bond donors (Lipinski definition) is 0. The van der Waals surface area contributed by atoms with Crippen molar-refractivity contribution in [2.75, 3.05) is 26.2 Å². The molecule has 0 unspecified atom stereocenters. The second kappa shape index (κ2) is 8.90. The second-order valence-electron chi connectivity index (χ2n) is 8.88. The monoisotopic (exact) mass is 435 g/mol. The van der Waals surface area contributed by atoms with E-state index in [4.69, 9.17) is 0 Å². The Bertz CT molecular complexity index is 1060. The van der Waals surface area contributed by atoms with Gasteiger partial charge in [-0.3, -0.25) is 4.79 Å². The summed E-state index contributed by atoms with van der Waals surface area (Å²) < 4.78 is 17.2. The van der Waals surface area contributed by atoms with E-state index < -0.39 is 0 Å². The lowest BCUT2D eigenvalue weighted by Crippen LogP contribution is -2.48. The maximum absolute atomic E-state index is 13.7. The van der Waals surface area contributed by atoms with Crippen molar-refractivity contribution >= 4 is 5.91 Å². The van der Waals surface area contributed by atoms with Crippen LogP contribution in [0.1, 0.15) is 48.2 Å². The summed E-state index contributed by atoms with van der Waals surface area (Å²) in [6.07, 6.45) is 9.80. The molecule has 3 aromatic rings. The van der Waals surface area contributed by atoms with E-state index >= 15 is 0 Å². The number of rotatable bonds is 4. The van der Waals surface area contributed by atoms with Crippen LogP contribution in [-0.4, -0.2) is 62.3 Å². The molecule has 2 fully saturated rings. The Hall–Kier alpha value is -2.93. The van der Waals surface area contributed by atoms with E-state index in [2.05, 4.69) is 10.00 Å². The van der Waals surface area contributed by atoms with Crippen LogP contribution in [0.25, 0.3) is 11.5 Å². The minimum atomic E-state index is -0.298. The lowest BCUT2D eigenvalue weighted by molar-refractivity contribution is 0.0589. The molecule has 0 bridgehead atoms. The van der Waals surface area contributed by atoms with E-state index in [0.717, 1.165) is 31.6 Å². The summed E-state index contributed by atoms with van der Waals surface area (Å²) in [5.41, 5.74) is 2.02. The number of benzene rings is 1. The molecule has 1 aromatic carbocycles. The molecule has 0 spiro atoms. The normalized spacial score (nSPS) is 18.2. The quantitative estimate of drug-likeness (QED) is 0.617. The largest absolute Gasteiger partial charge is 0.338 e. The van der Waals surface area contributed by atoms with Gasteiger partial charge in [-0.25, -0.2) is 9.07 Å². The molecule has 2 aliphatic rings. The smallest absolute Gasteiger partial charge is 0.259 e. The van der Waals surface area contributed by atoms with Crippen LogP contribution in [0, 0.1) is 12.7 Å². The fraction of sp³-hybridized carbons (Fsp3) is 0.440. The minimum absolute atomic E-state index is 0.0247. The van der Waals surface area contributed by atoms with E-state index in [1.807, 2.05) is 40.9 Å². The summed E-state index contributed by atoms with van der Waals surface area (Å²) in [5, 5.41) is 4.69. The first-order valence-corrected chi connectivity index (χ1v) is 11.6. The fourth-order valence-electron chi connectivity index (χ4n) is 5.12. The summed E-state index contributed by atoms with van der Waals surface area (Å²) in [7, 11) is 0. The second-order valence-corrected chi connectivity index (χ2v) is 8.88. The molecule has 7 heteroatoms. The first kappa shape index (κ1) is 20.9. The highest BCUT2D eigenvalue weighted by Crippen LogP contribution is 2.27. The van der Waals surface area contributed by atoms with Crippen LogP contribution in [0.5, 0.6) is 0 Å². The lowest BCUT2D eigenvalue weighted by Gasteiger charge is -2.40. The molecule has 5 rings (SSSR count). The third-order valence-corrected chi connectivity index (χ3v) is 6.83. The summed E-state index contributed by atoms with van der Waals surface area (Å²) in [5.74, 6) is 0.423. The third kappa shape index (κ3) is 3.97. The van der Waals surface area contributed by atoms with Crippen LogP contribution < -0.4 is 0 Å². The first-order chi connectivity index (χ1) is 15.6. The lowest BCUT2D eigenvalue weighted by atomic mass is 9.99. The number of nitrogens with zero attached hydrogens (tertiary/aromatic N) is 5. The highest BCUT2D eigenvalue weighted by molar-refractivity contribution is 5.98. The number of hydrogen-bond acceptors (Lipinski definition) is 3. The van der Waals surface area contributed by atoms with E-state index in [1.165, 1.54) is 44.5 Å². The van der Waals surface area contributed by atoms with Crippen molar-refractivity contribution < 1.29 is 9.18 Å². The van der Waals surface area contributed by atoms with Gasteiger partial charge in [0.1, 0.15) is 11.4 Å². The fourth-order valence-corrected chi connectivity index (χ4v) is 5.12. The van der Waals surface area contributed by atoms with Crippen molar-refractivity contribution in [3.63, 3.8) is 0 Å². The Labute approximate surface area is 188 Å². The van der Waals surface area contributed by atoms with Gasteiger partial charge in [0, 0.05) is 31.5 Å². The topological polar surface area (TPSA) is 46.3 Å². The van der Waals surface area contributed by atoms with Gasteiger partial charge in [0.15, 0.2) is 5.82 Å². The van der Waals surface area contributed by atoms with Gasteiger partial charge in [0.25, 0.3) is 5.91 Å². The summed E-state index contributed by atoms with van der Waals surface area (Å²) in [6.45, 7) is 5.80. The van der Waals surface area contributed by atoms with Crippen molar-refractivity contribution in [1.82, 2.24) is 24.1 Å². The average Bonchev–Trinajstić information content (AvgIpc) is 3.47. The third-order valence-electron chi connectivity index (χ3n) is 6.83. The number of halogens is 1. The van der Waals surface area contributed by atoms with Crippen molar-refractivity contribution in [3.8, 4) is 11.5 Å². The van der Waals surface area contributed by atoms with Gasteiger partial charge in [-0.2, -0.15) is 5.10 Å². The first-order valence-electron chi connectivity index (χ1n) is 11.6. The number of aryl methyl sites for hydroxylation is 1. The minimum Gasteiger partial charge on any atom is -0.338 e. The molecule has 0 saturated carbocycles. The van der Waals surface area contributed by atoms with Crippen LogP contribution >= 0.6 is 0 Å². The Kier molecular flexibility index (Phi) is 5.83. The predicted octanol–water partition coefficient (Wildman–Crippen LogP) is 4.20.